The first-order chi connectivity index (χ1) is 13.8. The maximum Gasteiger partial charge on any atom is 0.573 e. The van der Waals surface area contributed by atoms with Gasteiger partial charge in [-0.1, -0.05) is 35.9 Å². The molecule has 0 radical (unpaired) electrons. The second-order valence-corrected chi connectivity index (χ2v) is 7.48. The third-order valence-electron chi connectivity index (χ3n) is 5.24. The van der Waals surface area contributed by atoms with Gasteiger partial charge in [-0.3, -0.25) is 4.79 Å². The minimum Gasteiger partial charge on any atom is -0.405 e. The van der Waals surface area contributed by atoms with E-state index in [0.717, 1.165) is 10.9 Å². The molecule has 1 aliphatic heterocycles. The number of halogens is 4. The number of carbonyl (C=O) groups is 1. The molecule has 1 N–H and O–H groups in total. The van der Waals surface area contributed by atoms with E-state index < -0.39 is 6.36 Å². The molecule has 0 atom stereocenters. The zero-order valence-corrected chi connectivity index (χ0v) is 16.1. The van der Waals surface area contributed by atoms with E-state index in [4.69, 9.17) is 11.6 Å². The molecule has 29 heavy (non-hydrogen) atoms. The summed E-state index contributed by atoms with van der Waals surface area (Å²) in [5.41, 5.74) is 1.88. The fourth-order valence-corrected chi connectivity index (χ4v) is 4.05. The summed E-state index contributed by atoms with van der Waals surface area (Å²) in [7, 11) is 0. The van der Waals surface area contributed by atoms with Crippen LogP contribution in [-0.4, -0.2) is 35.2 Å². The Bertz CT molecular complexity index is 1040. The van der Waals surface area contributed by atoms with E-state index in [2.05, 4.69) is 9.72 Å². The smallest absolute Gasteiger partial charge is 0.405 e. The number of ether oxygens (including phenoxy) is 1. The second kappa shape index (κ2) is 7.63. The third-order valence-corrected chi connectivity index (χ3v) is 5.48. The van der Waals surface area contributed by atoms with Crippen molar-refractivity contribution in [2.24, 2.45) is 0 Å². The quantitative estimate of drug-likeness (QED) is 0.585. The summed E-state index contributed by atoms with van der Waals surface area (Å²) in [5, 5.41) is 1.38. The summed E-state index contributed by atoms with van der Waals surface area (Å²) in [6.45, 7) is 0.925. The first-order valence-electron chi connectivity index (χ1n) is 9.22. The number of carbonyl (C=O) groups excluding carboxylic acids is 1. The number of nitrogens with zero attached hydrogens (tertiary/aromatic N) is 1. The molecule has 0 aliphatic carbocycles. The fraction of sp³-hybridized carbons (Fsp3) is 0.286. The lowest BCUT2D eigenvalue weighted by molar-refractivity contribution is -0.275. The summed E-state index contributed by atoms with van der Waals surface area (Å²) in [5.74, 6) is -0.366. The highest BCUT2D eigenvalue weighted by molar-refractivity contribution is 6.31. The molecule has 0 unspecified atom stereocenters. The molecule has 152 valence electrons. The second-order valence-electron chi connectivity index (χ2n) is 7.04. The molecular formula is C21H18ClF3N2O2. The van der Waals surface area contributed by atoms with Crippen LogP contribution in [0.2, 0.25) is 5.02 Å². The molecule has 0 spiro atoms. The highest BCUT2D eigenvalue weighted by Crippen LogP contribution is 2.37. The van der Waals surface area contributed by atoms with Gasteiger partial charge < -0.3 is 14.6 Å². The van der Waals surface area contributed by atoms with E-state index >= 15 is 0 Å². The van der Waals surface area contributed by atoms with Gasteiger partial charge in [-0.05, 0) is 42.5 Å². The lowest BCUT2D eigenvalue weighted by Crippen LogP contribution is -2.38. The van der Waals surface area contributed by atoms with E-state index in [1.807, 2.05) is 0 Å². The number of aromatic amines is 1. The highest BCUT2D eigenvalue weighted by atomic mass is 35.5. The van der Waals surface area contributed by atoms with E-state index in [-0.39, 0.29) is 17.6 Å². The Morgan fingerprint density at radius 3 is 2.59 bits per heavy atom. The van der Waals surface area contributed by atoms with Crippen molar-refractivity contribution in [2.45, 2.75) is 25.1 Å². The maximum atomic E-state index is 13.0. The number of para-hydroxylation sites is 1. The normalized spacial score (nSPS) is 15.7. The molecule has 1 aromatic heterocycles. The molecule has 4 rings (SSSR count). The van der Waals surface area contributed by atoms with Gasteiger partial charge in [-0.2, -0.15) is 0 Å². The van der Waals surface area contributed by atoms with Crippen LogP contribution in [0.5, 0.6) is 5.75 Å². The largest absolute Gasteiger partial charge is 0.573 e. The number of aromatic nitrogens is 1. The van der Waals surface area contributed by atoms with Crippen LogP contribution < -0.4 is 4.74 Å². The van der Waals surface area contributed by atoms with Gasteiger partial charge in [0, 0.05) is 35.2 Å². The van der Waals surface area contributed by atoms with E-state index in [1.165, 1.54) is 12.1 Å². The van der Waals surface area contributed by atoms with Crippen molar-refractivity contribution >= 4 is 28.4 Å². The number of H-pyrrole nitrogens is 1. The van der Waals surface area contributed by atoms with Gasteiger partial charge in [0.15, 0.2) is 0 Å². The Hall–Kier alpha value is -2.67. The van der Waals surface area contributed by atoms with Crippen LogP contribution in [0.1, 0.15) is 34.7 Å². The Morgan fingerprint density at radius 1 is 1.14 bits per heavy atom. The van der Waals surface area contributed by atoms with E-state index in [9.17, 15) is 18.0 Å². The molecule has 3 aromatic rings. The number of alkyl halides is 3. The molecule has 1 amide bonds. The molecule has 4 nitrogen and oxygen atoms in total. The summed E-state index contributed by atoms with van der Waals surface area (Å²) in [6, 6.07) is 11.5. The summed E-state index contributed by atoms with van der Waals surface area (Å²) < 4.78 is 42.2. The molecule has 8 heteroatoms. The zero-order chi connectivity index (χ0) is 20.6. The Morgan fingerprint density at radius 2 is 1.86 bits per heavy atom. The molecule has 2 aromatic carbocycles. The number of amides is 1. The van der Waals surface area contributed by atoms with Crippen molar-refractivity contribution in [3.8, 4) is 5.75 Å². The molecular weight excluding hydrogens is 405 g/mol. The fourth-order valence-electron chi connectivity index (χ4n) is 3.87. The van der Waals surface area contributed by atoms with Crippen LogP contribution in [0.3, 0.4) is 0 Å². The summed E-state index contributed by atoms with van der Waals surface area (Å²) in [4.78, 5) is 17.8. The number of likely N-dealkylation sites (tertiary alicyclic amines) is 1. The highest BCUT2D eigenvalue weighted by Gasteiger charge is 2.34. The van der Waals surface area contributed by atoms with Gasteiger partial charge in [0.25, 0.3) is 5.91 Å². The Kier molecular flexibility index (Phi) is 5.17. The minimum atomic E-state index is -4.73. The molecule has 1 fully saturated rings. The van der Waals surface area contributed by atoms with Crippen molar-refractivity contribution < 1.29 is 22.7 Å². The van der Waals surface area contributed by atoms with Gasteiger partial charge >= 0.3 is 6.36 Å². The van der Waals surface area contributed by atoms with Crippen molar-refractivity contribution in [3.05, 3.63) is 64.8 Å². The summed E-state index contributed by atoms with van der Waals surface area (Å²) in [6.07, 6.45) is -1.93. The van der Waals surface area contributed by atoms with Crippen LogP contribution in [0.4, 0.5) is 13.2 Å². The number of hydrogen-bond donors (Lipinski definition) is 1. The molecule has 2 heterocycles. The van der Waals surface area contributed by atoms with E-state index in [1.54, 1.807) is 41.4 Å². The van der Waals surface area contributed by atoms with Crippen LogP contribution in [0.25, 0.3) is 10.9 Å². The predicted octanol–water partition coefficient (Wildman–Crippen LogP) is 5.74. The van der Waals surface area contributed by atoms with Crippen LogP contribution >= 0.6 is 11.6 Å². The van der Waals surface area contributed by atoms with Crippen molar-refractivity contribution in [1.82, 2.24) is 9.88 Å². The lowest BCUT2D eigenvalue weighted by atomic mass is 9.88. The van der Waals surface area contributed by atoms with Gasteiger partial charge in [-0.25, -0.2) is 0 Å². The van der Waals surface area contributed by atoms with Crippen molar-refractivity contribution in [3.63, 3.8) is 0 Å². The zero-order valence-electron chi connectivity index (χ0n) is 15.3. The third kappa shape index (κ3) is 4.19. The topological polar surface area (TPSA) is 45.3 Å². The first kappa shape index (κ1) is 19.6. The van der Waals surface area contributed by atoms with Crippen LogP contribution in [0, 0.1) is 0 Å². The number of rotatable bonds is 3. The number of fused-ring (bicyclic) bond motifs is 1. The predicted molar refractivity (Wildman–Crippen MR) is 104 cm³/mol. The van der Waals surface area contributed by atoms with Crippen molar-refractivity contribution in [1.29, 1.82) is 0 Å². The van der Waals surface area contributed by atoms with Gasteiger partial charge in [0.05, 0.1) is 5.56 Å². The molecule has 0 bridgehead atoms. The molecule has 1 aliphatic rings. The number of piperidine rings is 1. The molecule has 0 saturated carbocycles. The number of hydrogen-bond acceptors (Lipinski definition) is 2. The van der Waals surface area contributed by atoms with Crippen LogP contribution in [-0.2, 0) is 0 Å². The van der Waals surface area contributed by atoms with Gasteiger partial charge in [0.1, 0.15) is 5.75 Å². The average Bonchev–Trinajstić information content (AvgIpc) is 3.10. The van der Waals surface area contributed by atoms with Crippen molar-refractivity contribution in [2.75, 3.05) is 13.1 Å². The average molecular weight is 423 g/mol. The Balaban J connectivity index is 1.48. The monoisotopic (exact) mass is 422 g/mol. The first-order valence-corrected chi connectivity index (χ1v) is 9.60. The number of benzene rings is 2. The van der Waals surface area contributed by atoms with E-state index in [0.29, 0.717) is 42.1 Å². The molecule has 1 saturated heterocycles. The lowest BCUT2D eigenvalue weighted by Gasteiger charge is -2.33. The minimum absolute atomic E-state index is 0.0978. The SMILES string of the molecule is O=C(c1c[nH]c2cc(Cl)ccc12)N1CCC(c2ccccc2OC(F)(F)F)CC1. The number of nitrogens with one attached hydrogen (secondary N) is 1. The van der Waals surface area contributed by atoms with Gasteiger partial charge in [-0.15, -0.1) is 13.2 Å². The standard InChI is InChI=1S/C21H18ClF3N2O2/c22-14-5-6-16-17(12-26-18(16)11-14)20(28)27-9-7-13(8-10-27)15-3-1-2-4-19(15)29-21(23,24)25/h1-6,11-13,26H,7-10H2. The maximum absolute atomic E-state index is 13.0. The Labute approximate surface area is 170 Å². The van der Waals surface area contributed by atoms with Crippen LogP contribution in [0.15, 0.2) is 48.7 Å². The summed E-state index contributed by atoms with van der Waals surface area (Å²) >= 11 is 5.99. The van der Waals surface area contributed by atoms with Gasteiger partial charge in [0.2, 0.25) is 0 Å².